The standard InChI is InChI=1S/C26H23BrF2N2O4/c1-14-8-17(27)9-15(2)23(14)31-11-16(4-7-21(31)34)22-24(19-6-5-18(28)10-20(19)29)35-25(30-22)26(3,12-32)13-33/h4-11,32-33H,12-13H2,1-3H3. The molecule has 0 amide bonds. The van der Waals surface area contributed by atoms with Crippen LogP contribution in [0, 0.1) is 25.5 Å². The van der Waals surface area contributed by atoms with E-state index in [1.54, 1.807) is 13.1 Å². The molecule has 6 nitrogen and oxygen atoms in total. The molecule has 2 aromatic heterocycles. The quantitative estimate of drug-likeness (QED) is 0.354. The minimum Gasteiger partial charge on any atom is -0.439 e. The van der Waals surface area contributed by atoms with Gasteiger partial charge < -0.3 is 14.6 Å². The maximum absolute atomic E-state index is 14.8. The summed E-state index contributed by atoms with van der Waals surface area (Å²) in [5, 5.41) is 19.7. The van der Waals surface area contributed by atoms with Gasteiger partial charge in [-0.1, -0.05) is 15.9 Å². The smallest absolute Gasteiger partial charge is 0.255 e. The molecule has 0 saturated carbocycles. The second-order valence-corrected chi connectivity index (χ2v) is 9.63. The summed E-state index contributed by atoms with van der Waals surface area (Å²) in [5.74, 6) is -1.65. The van der Waals surface area contributed by atoms with Crippen molar-refractivity contribution in [3.8, 4) is 28.3 Å². The Morgan fingerprint density at radius 3 is 2.31 bits per heavy atom. The van der Waals surface area contributed by atoms with Gasteiger partial charge in [0.05, 0.1) is 29.9 Å². The SMILES string of the molecule is Cc1cc(Br)cc(C)c1-n1cc(-c2nc(C(C)(CO)CO)oc2-c2ccc(F)cc2F)ccc1=O. The first-order valence-corrected chi connectivity index (χ1v) is 11.6. The van der Waals surface area contributed by atoms with Crippen molar-refractivity contribution >= 4 is 15.9 Å². The lowest BCUT2D eigenvalue weighted by Crippen LogP contribution is -2.31. The average molecular weight is 545 g/mol. The van der Waals surface area contributed by atoms with Gasteiger partial charge in [0.1, 0.15) is 17.3 Å². The first-order chi connectivity index (χ1) is 16.6. The Labute approximate surface area is 208 Å². The molecule has 4 rings (SSSR count). The third-order valence-corrected chi connectivity index (χ3v) is 6.36. The van der Waals surface area contributed by atoms with Crippen molar-refractivity contribution in [2.75, 3.05) is 13.2 Å². The number of aryl methyl sites for hydroxylation is 2. The lowest BCUT2D eigenvalue weighted by molar-refractivity contribution is 0.109. The highest BCUT2D eigenvalue weighted by Gasteiger charge is 2.33. The summed E-state index contributed by atoms with van der Waals surface area (Å²) in [7, 11) is 0. The van der Waals surface area contributed by atoms with E-state index in [4.69, 9.17) is 4.42 Å². The molecule has 2 aromatic carbocycles. The number of halogens is 3. The van der Waals surface area contributed by atoms with Crippen LogP contribution in [-0.2, 0) is 5.41 Å². The molecule has 2 N–H and O–H groups in total. The molecule has 0 saturated heterocycles. The molecule has 0 aliphatic heterocycles. The molecule has 0 radical (unpaired) electrons. The fourth-order valence-electron chi connectivity index (χ4n) is 3.90. The van der Waals surface area contributed by atoms with Crippen LogP contribution in [0.2, 0.25) is 0 Å². The number of benzene rings is 2. The third-order valence-electron chi connectivity index (χ3n) is 5.90. The monoisotopic (exact) mass is 544 g/mol. The Morgan fingerprint density at radius 2 is 1.71 bits per heavy atom. The number of pyridine rings is 1. The van der Waals surface area contributed by atoms with Crippen molar-refractivity contribution < 1.29 is 23.4 Å². The summed E-state index contributed by atoms with van der Waals surface area (Å²) in [6, 6.07) is 9.74. The summed E-state index contributed by atoms with van der Waals surface area (Å²) in [6.07, 6.45) is 1.58. The maximum Gasteiger partial charge on any atom is 0.255 e. The number of aliphatic hydroxyl groups excluding tert-OH is 2. The molecule has 4 aromatic rings. The van der Waals surface area contributed by atoms with Crippen LogP contribution in [0.1, 0.15) is 23.9 Å². The van der Waals surface area contributed by atoms with E-state index >= 15 is 0 Å². The fraction of sp³-hybridized carbons (Fsp3) is 0.231. The zero-order valence-electron chi connectivity index (χ0n) is 19.3. The molecule has 2 heterocycles. The van der Waals surface area contributed by atoms with Gasteiger partial charge in [0.25, 0.3) is 5.56 Å². The molecular formula is C26H23BrF2N2O4. The predicted molar refractivity (Wildman–Crippen MR) is 132 cm³/mol. The normalized spacial score (nSPS) is 11.8. The number of nitrogens with zero attached hydrogens (tertiary/aromatic N) is 2. The summed E-state index contributed by atoms with van der Waals surface area (Å²) < 4.78 is 36.6. The Morgan fingerprint density at radius 1 is 1.06 bits per heavy atom. The number of hydrogen-bond donors (Lipinski definition) is 2. The van der Waals surface area contributed by atoms with Gasteiger partial charge in [-0.3, -0.25) is 9.36 Å². The van der Waals surface area contributed by atoms with Crippen LogP contribution in [0.3, 0.4) is 0 Å². The first kappa shape index (κ1) is 25.0. The van der Waals surface area contributed by atoms with Gasteiger partial charge in [0.15, 0.2) is 5.76 Å². The van der Waals surface area contributed by atoms with Crippen molar-refractivity contribution in [1.82, 2.24) is 9.55 Å². The fourth-order valence-corrected chi connectivity index (χ4v) is 4.59. The molecule has 35 heavy (non-hydrogen) atoms. The van der Waals surface area contributed by atoms with Crippen LogP contribution < -0.4 is 5.56 Å². The molecule has 0 fully saturated rings. The van der Waals surface area contributed by atoms with E-state index in [-0.39, 0.29) is 28.5 Å². The van der Waals surface area contributed by atoms with E-state index in [2.05, 4.69) is 20.9 Å². The van der Waals surface area contributed by atoms with Gasteiger partial charge in [0, 0.05) is 28.4 Å². The summed E-state index contributed by atoms with van der Waals surface area (Å²) >= 11 is 3.46. The molecule has 182 valence electrons. The number of aliphatic hydroxyl groups is 2. The van der Waals surface area contributed by atoms with Crippen LogP contribution in [0.25, 0.3) is 28.3 Å². The second-order valence-electron chi connectivity index (χ2n) is 8.71. The third kappa shape index (κ3) is 4.59. The van der Waals surface area contributed by atoms with Crippen molar-refractivity contribution in [3.63, 3.8) is 0 Å². The number of hydrogen-bond acceptors (Lipinski definition) is 5. The van der Waals surface area contributed by atoms with Gasteiger partial charge in [-0.15, -0.1) is 0 Å². The molecule has 0 aliphatic carbocycles. The van der Waals surface area contributed by atoms with Crippen molar-refractivity contribution in [2.45, 2.75) is 26.2 Å². The van der Waals surface area contributed by atoms with Crippen LogP contribution in [0.5, 0.6) is 0 Å². The minimum atomic E-state index is -1.25. The number of aromatic nitrogens is 2. The van der Waals surface area contributed by atoms with Crippen LogP contribution in [0.15, 0.2) is 62.3 Å². The zero-order chi connectivity index (χ0) is 25.5. The highest BCUT2D eigenvalue weighted by molar-refractivity contribution is 9.10. The summed E-state index contributed by atoms with van der Waals surface area (Å²) in [6.45, 7) is 4.35. The van der Waals surface area contributed by atoms with Crippen molar-refractivity contribution in [2.24, 2.45) is 0 Å². The van der Waals surface area contributed by atoms with E-state index in [0.717, 1.165) is 27.7 Å². The molecule has 0 atom stereocenters. The Balaban J connectivity index is 1.99. The lowest BCUT2D eigenvalue weighted by atomic mass is 9.93. The average Bonchev–Trinajstić information content (AvgIpc) is 3.25. The Bertz CT molecular complexity index is 1450. The molecule has 0 aliphatic rings. The zero-order valence-corrected chi connectivity index (χ0v) is 20.9. The lowest BCUT2D eigenvalue weighted by Gasteiger charge is -2.19. The van der Waals surface area contributed by atoms with Crippen molar-refractivity contribution in [3.05, 3.63) is 92.1 Å². The second kappa shape index (κ2) is 9.49. The van der Waals surface area contributed by atoms with E-state index < -0.39 is 30.3 Å². The largest absolute Gasteiger partial charge is 0.439 e. The van der Waals surface area contributed by atoms with Crippen molar-refractivity contribution in [1.29, 1.82) is 0 Å². The number of oxazole rings is 1. The molecule has 0 unspecified atom stereocenters. The molecule has 0 spiro atoms. The molecule has 9 heteroatoms. The number of rotatable bonds is 6. The van der Waals surface area contributed by atoms with Crippen LogP contribution in [-0.4, -0.2) is 33.0 Å². The van der Waals surface area contributed by atoms with Crippen LogP contribution in [0.4, 0.5) is 8.78 Å². The summed E-state index contributed by atoms with van der Waals surface area (Å²) in [4.78, 5) is 17.3. The van der Waals surface area contributed by atoms with E-state index in [1.165, 1.54) is 22.8 Å². The molecule has 0 bridgehead atoms. The highest BCUT2D eigenvalue weighted by atomic mass is 79.9. The van der Waals surface area contributed by atoms with Gasteiger partial charge >= 0.3 is 0 Å². The maximum atomic E-state index is 14.8. The van der Waals surface area contributed by atoms with E-state index in [9.17, 15) is 23.8 Å². The Hall–Kier alpha value is -3.14. The summed E-state index contributed by atoms with van der Waals surface area (Å²) in [5.41, 5.74) is 1.43. The minimum absolute atomic E-state index is 0.0138. The van der Waals surface area contributed by atoms with Gasteiger partial charge in [0.2, 0.25) is 5.89 Å². The molecular weight excluding hydrogens is 522 g/mol. The predicted octanol–water partition coefficient (Wildman–Crippen LogP) is 5.06. The van der Waals surface area contributed by atoms with Gasteiger partial charge in [-0.25, -0.2) is 13.8 Å². The Kier molecular flexibility index (Phi) is 6.77. The van der Waals surface area contributed by atoms with E-state index in [0.29, 0.717) is 11.3 Å². The van der Waals surface area contributed by atoms with Crippen LogP contribution >= 0.6 is 15.9 Å². The topological polar surface area (TPSA) is 88.5 Å². The van der Waals surface area contributed by atoms with Gasteiger partial charge in [-0.2, -0.15) is 0 Å². The van der Waals surface area contributed by atoms with E-state index in [1.807, 2.05) is 26.0 Å². The van der Waals surface area contributed by atoms with Gasteiger partial charge in [-0.05, 0) is 62.2 Å². The first-order valence-electron chi connectivity index (χ1n) is 10.8. The highest BCUT2D eigenvalue weighted by Crippen LogP contribution is 2.37.